The Morgan fingerprint density at radius 2 is 2.00 bits per heavy atom. The molecule has 0 aromatic heterocycles. The zero-order chi connectivity index (χ0) is 11.1. The van der Waals surface area contributed by atoms with Crippen LogP contribution >= 0.6 is 0 Å². The fraction of sp³-hybridized carbons (Fsp3) is 1.00. The predicted octanol–water partition coefficient (Wildman–Crippen LogP) is 1.39. The van der Waals surface area contributed by atoms with Crippen LogP contribution in [0.5, 0.6) is 0 Å². The minimum absolute atomic E-state index is 0.237. The molecular formula is C12H26N2O. The Labute approximate surface area is 94.0 Å². The summed E-state index contributed by atoms with van der Waals surface area (Å²) in [6.45, 7) is 11.8. The zero-order valence-corrected chi connectivity index (χ0v) is 10.4. The molecule has 0 bridgehead atoms. The number of hydrogen-bond acceptors (Lipinski definition) is 3. The van der Waals surface area contributed by atoms with Crippen molar-refractivity contribution in [3.05, 3.63) is 0 Å². The van der Waals surface area contributed by atoms with Gasteiger partial charge in [0, 0.05) is 31.8 Å². The highest BCUT2D eigenvalue weighted by Crippen LogP contribution is 2.14. The van der Waals surface area contributed by atoms with E-state index in [2.05, 4.69) is 31.4 Å². The van der Waals surface area contributed by atoms with E-state index in [9.17, 15) is 0 Å². The zero-order valence-electron chi connectivity index (χ0n) is 10.4. The number of rotatable bonds is 6. The van der Waals surface area contributed by atoms with Crippen molar-refractivity contribution in [2.24, 2.45) is 5.92 Å². The molecule has 1 atom stereocenters. The fourth-order valence-corrected chi connectivity index (χ4v) is 1.77. The van der Waals surface area contributed by atoms with Gasteiger partial charge < -0.3 is 15.4 Å². The van der Waals surface area contributed by atoms with Crippen molar-refractivity contribution < 1.29 is 4.74 Å². The standard InChI is InChI=1S/C12H26N2O/c1-12(2,3)14-8-7-13-6-4-11-5-9-15-10-11/h11,13-14H,4-10H2,1-3H3. The Hall–Kier alpha value is -0.120. The van der Waals surface area contributed by atoms with Gasteiger partial charge in [0.05, 0.1) is 0 Å². The highest BCUT2D eigenvalue weighted by Gasteiger charge is 2.14. The first-order valence-corrected chi connectivity index (χ1v) is 6.11. The molecule has 0 amide bonds. The van der Waals surface area contributed by atoms with Crippen LogP contribution in [0.1, 0.15) is 33.6 Å². The third-order valence-electron chi connectivity index (χ3n) is 2.71. The number of hydrogen-bond donors (Lipinski definition) is 2. The molecular weight excluding hydrogens is 188 g/mol. The maximum atomic E-state index is 5.34. The molecule has 0 saturated carbocycles. The van der Waals surface area contributed by atoms with Crippen LogP contribution in [0.2, 0.25) is 0 Å². The third-order valence-corrected chi connectivity index (χ3v) is 2.71. The van der Waals surface area contributed by atoms with E-state index in [-0.39, 0.29) is 5.54 Å². The number of nitrogens with one attached hydrogen (secondary N) is 2. The first kappa shape index (κ1) is 12.9. The highest BCUT2D eigenvalue weighted by molar-refractivity contribution is 4.71. The smallest absolute Gasteiger partial charge is 0.0495 e. The van der Waals surface area contributed by atoms with E-state index in [1.807, 2.05) is 0 Å². The molecule has 1 rings (SSSR count). The Morgan fingerprint density at radius 3 is 2.60 bits per heavy atom. The lowest BCUT2D eigenvalue weighted by atomic mass is 10.1. The van der Waals surface area contributed by atoms with Gasteiger partial charge in [0.15, 0.2) is 0 Å². The van der Waals surface area contributed by atoms with E-state index in [0.29, 0.717) is 0 Å². The van der Waals surface area contributed by atoms with Crippen LogP contribution in [0.15, 0.2) is 0 Å². The lowest BCUT2D eigenvalue weighted by Gasteiger charge is -2.20. The quantitative estimate of drug-likeness (QED) is 0.656. The SMILES string of the molecule is CC(C)(C)NCCNCCC1CCOC1. The van der Waals surface area contributed by atoms with Crippen LogP contribution in [0.3, 0.4) is 0 Å². The summed E-state index contributed by atoms with van der Waals surface area (Å²) in [7, 11) is 0. The molecule has 1 aliphatic rings. The molecule has 1 unspecified atom stereocenters. The van der Waals surface area contributed by atoms with E-state index in [0.717, 1.165) is 38.8 Å². The van der Waals surface area contributed by atoms with E-state index < -0.39 is 0 Å². The molecule has 3 nitrogen and oxygen atoms in total. The minimum atomic E-state index is 0.237. The van der Waals surface area contributed by atoms with Crippen molar-refractivity contribution in [1.29, 1.82) is 0 Å². The maximum Gasteiger partial charge on any atom is 0.0495 e. The van der Waals surface area contributed by atoms with Crippen LogP contribution < -0.4 is 10.6 Å². The summed E-state index contributed by atoms with van der Waals surface area (Å²) >= 11 is 0. The summed E-state index contributed by atoms with van der Waals surface area (Å²) in [5, 5.41) is 6.93. The summed E-state index contributed by atoms with van der Waals surface area (Å²) in [6, 6.07) is 0. The van der Waals surface area contributed by atoms with Gasteiger partial charge in [-0.2, -0.15) is 0 Å². The average molecular weight is 214 g/mol. The van der Waals surface area contributed by atoms with E-state index in [1.165, 1.54) is 12.8 Å². The Balaban J connectivity index is 1.84. The molecule has 1 aliphatic heterocycles. The first-order valence-electron chi connectivity index (χ1n) is 6.11. The molecule has 1 fully saturated rings. The third kappa shape index (κ3) is 6.88. The summed E-state index contributed by atoms with van der Waals surface area (Å²) in [5.41, 5.74) is 0.237. The lowest BCUT2D eigenvalue weighted by molar-refractivity contribution is 0.184. The molecule has 0 radical (unpaired) electrons. The molecule has 0 spiro atoms. The van der Waals surface area contributed by atoms with Crippen molar-refractivity contribution in [1.82, 2.24) is 10.6 Å². The second-order valence-corrected chi connectivity index (χ2v) is 5.45. The van der Waals surface area contributed by atoms with Crippen molar-refractivity contribution in [3.8, 4) is 0 Å². The topological polar surface area (TPSA) is 33.3 Å². The molecule has 1 saturated heterocycles. The van der Waals surface area contributed by atoms with Gasteiger partial charge >= 0.3 is 0 Å². The molecule has 0 aromatic carbocycles. The van der Waals surface area contributed by atoms with Gasteiger partial charge in [-0.25, -0.2) is 0 Å². The summed E-state index contributed by atoms with van der Waals surface area (Å²) < 4.78 is 5.34. The van der Waals surface area contributed by atoms with Crippen LogP contribution in [0, 0.1) is 5.92 Å². The largest absolute Gasteiger partial charge is 0.381 e. The summed E-state index contributed by atoms with van der Waals surface area (Å²) in [4.78, 5) is 0. The van der Waals surface area contributed by atoms with Crippen molar-refractivity contribution in [2.75, 3.05) is 32.8 Å². The Kier molecular flexibility index (Phi) is 5.58. The van der Waals surface area contributed by atoms with Crippen molar-refractivity contribution in [2.45, 2.75) is 39.2 Å². The van der Waals surface area contributed by atoms with Gasteiger partial charge in [-0.05, 0) is 46.1 Å². The fourth-order valence-electron chi connectivity index (χ4n) is 1.77. The van der Waals surface area contributed by atoms with E-state index in [1.54, 1.807) is 0 Å². The summed E-state index contributed by atoms with van der Waals surface area (Å²) in [5.74, 6) is 0.799. The van der Waals surface area contributed by atoms with Gasteiger partial charge in [-0.3, -0.25) is 0 Å². The molecule has 90 valence electrons. The van der Waals surface area contributed by atoms with Gasteiger partial charge in [0.25, 0.3) is 0 Å². The summed E-state index contributed by atoms with van der Waals surface area (Å²) in [6.07, 6.45) is 2.51. The van der Waals surface area contributed by atoms with Gasteiger partial charge in [-0.15, -0.1) is 0 Å². The first-order chi connectivity index (χ1) is 7.08. The average Bonchev–Trinajstić information content (AvgIpc) is 2.61. The van der Waals surface area contributed by atoms with E-state index >= 15 is 0 Å². The highest BCUT2D eigenvalue weighted by atomic mass is 16.5. The number of ether oxygens (including phenoxy) is 1. The molecule has 15 heavy (non-hydrogen) atoms. The van der Waals surface area contributed by atoms with Crippen LogP contribution in [-0.2, 0) is 4.74 Å². The van der Waals surface area contributed by atoms with Gasteiger partial charge in [-0.1, -0.05) is 0 Å². The van der Waals surface area contributed by atoms with E-state index in [4.69, 9.17) is 4.74 Å². The molecule has 2 N–H and O–H groups in total. The van der Waals surface area contributed by atoms with Crippen molar-refractivity contribution in [3.63, 3.8) is 0 Å². The normalized spacial score (nSPS) is 22.2. The lowest BCUT2D eigenvalue weighted by Crippen LogP contribution is -2.40. The van der Waals surface area contributed by atoms with Crippen LogP contribution in [-0.4, -0.2) is 38.4 Å². The predicted molar refractivity (Wildman–Crippen MR) is 64.2 cm³/mol. The Bertz CT molecular complexity index is 159. The second kappa shape index (κ2) is 6.46. The second-order valence-electron chi connectivity index (χ2n) is 5.45. The van der Waals surface area contributed by atoms with Gasteiger partial charge in [0.2, 0.25) is 0 Å². The Morgan fingerprint density at radius 1 is 1.20 bits per heavy atom. The molecule has 1 heterocycles. The maximum absolute atomic E-state index is 5.34. The van der Waals surface area contributed by atoms with Crippen molar-refractivity contribution >= 4 is 0 Å². The van der Waals surface area contributed by atoms with Crippen LogP contribution in [0.25, 0.3) is 0 Å². The minimum Gasteiger partial charge on any atom is -0.381 e. The molecule has 0 aliphatic carbocycles. The monoisotopic (exact) mass is 214 g/mol. The molecule has 3 heteroatoms. The molecule has 0 aromatic rings. The van der Waals surface area contributed by atoms with Gasteiger partial charge in [0.1, 0.15) is 0 Å². The van der Waals surface area contributed by atoms with Crippen LogP contribution in [0.4, 0.5) is 0 Å².